The van der Waals surface area contributed by atoms with Gasteiger partial charge in [-0.15, -0.1) is 0 Å². The van der Waals surface area contributed by atoms with Crippen LogP contribution in [-0.4, -0.2) is 14.2 Å². The number of nitrogens with two attached hydrogens (primary N) is 1. The first-order valence-corrected chi connectivity index (χ1v) is 5.85. The highest BCUT2D eigenvalue weighted by atomic mass is 19.3. The van der Waals surface area contributed by atoms with Crippen molar-refractivity contribution in [2.75, 3.05) is 14.2 Å². The van der Waals surface area contributed by atoms with E-state index in [0.717, 1.165) is 19.3 Å². The summed E-state index contributed by atoms with van der Waals surface area (Å²) in [5, 5.41) is 0. The van der Waals surface area contributed by atoms with Gasteiger partial charge in [0, 0.05) is 17.2 Å². The standard InChI is InChI=1S/C13H17F2NO2/c1-17-10-7-11(18-2)9(6-8(10)12(14)15)13(16)4-3-5-13/h6-7,12H,3-5,16H2,1-2H3. The molecule has 1 aromatic rings. The summed E-state index contributed by atoms with van der Waals surface area (Å²) in [4.78, 5) is 0. The Morgan fingerprint density at radius 3 is 2.17 bits per heavy atom. The van der Waals surface area contributed by atoms with E-state index in [-0.39, 0.29) is 11.3 Å². The van der Waals surface area contributed by atoms with Crippen molar-refractivity contribution in [1.29, 1.82) is 0 Å². The number of halogens is 2. The second-order valence-electron chi connectivity index (χ2n) is 4.60. The van der Waals surface area contributed by atoms with Gasteiger partial charge in [-0.25, -0.2) is 8.78 Å². The SMILES string of the molecule is COc1cc(OC)c(C2(N)CCC2)cc1C(F)F. The average Bonchev–Trinajstić information content (AvgIpc) is 2.34. The van der Waals surface area contributed by atoms with Gasteiger partial charge in [-0.05, 0) is 25.3 Å². The average molecular weight is 257 g/mol. The first-order valence-electron chi connectivity index (χ1n) is 5.85. The molecule has 0 bridgehead atoms. The third kappa shape index (κ3) is 2.03. The van der Waals surface area contributed by atoms with Crippen molar-refractivity contribution in [3.8, 4) is 11.5 Å². The molecular weight excluding hydrogens is 240 g/mol. The third-order valence-corrected chi connectivity index (χ3v) is 3.57. The highest BCUT2D eigenvalue weighted by Gasteiger charge is 2.38. The van der Waals surface area contributed by atoms with Gasteiger partial charge in [0.1, 0.15) is 11.5 Å². The third-order valence-electron chi connectivity index (χ3n) is 3.57. The van der Waals surface area contributed by atoms with Crippen LogP contribution in [-0.2, 0) is 5.54 Å². The fraction of sp³-hybridized carbons (Fsp3) is 0.538. The molecule has 0 radical (unpaired) electrons. The second kappa shape index (κ2) is 4.72. The Bertz CT molecular complexity index is 445. The molecule has 5 heteroatoms. The van der Waals surface area contributed by atoms with Gasteiger partial charge in [0.15, 0.2) is 0 Å². The number of hydrogen-bond donors (Lipinski definition) is 1. The molecule has 0 saturated heterocycles. The van der Waals surface area contributed by atoms with Crippen molar-refractivity contribution in [3.05, 3.63) is 23.3 Å². The van der Waals surface area contributed by atoms with Crippen molar-refractivity contribution in [2.45, 2.75) is 31.2 Å². The summed E-state index contributed by atoms with van der Waals surface area (Å²) in [5.74, 6) is 0.645. The number of benzene rings is 1. The molecule has 0 heterocycles. The second-order valence-corrected chi connectivity index (χ2v) is 4.60. The Balaban J connectivity index is 2.53. The Labute approximate surface area is 105 Å². The Morgan fingerprint density at radius 2 is 1.78 bits per heavy atom. The molecule has 0 atom stereocenters. The first-order chi connectivity index (χ1) is 8.51. The molecule has 0 spiro atoms. The van der Waals surface area contributed by atoms with Crippen molar-refractivity contribution >= 4 is 0 Å². The zero-order valence-corrected chi connectivity index (χ0v) is 10.5. The minimum absolute atomic E-state index is 0.133. The molecule has 3 nitrogen and oxygen atoms in total. The summed E-state index contributed by atoms with van der Waals surface area (Å²) in [6.45, 7) is 0. The predicted molar refractivity (Wildman–Crippen MR) is 64.2 cm³/mol. The van der Waals surface area contributed by atoms with E-state index in [4.69, 9.17) is 15.2 Å². The lowest BCUT2D eigenvalue weighted by atomic mass is 9.72. The van der Waals surface area contributed by atoms with E-state index >= 15 is 0 Å². The molecule has 1 aromatic carbocycles. The van der Waals surface area contributed by atoms with Gasteiger partial charge in [0.2, 0.25) is 0 Å². The largest absolute Gasteiger partial charge is 0.496 e. The van der Waals surface area contributed by atoms with Crippen LogP contribution < -0.4 is 15.2 Å². The van der Waals surface area contributed by atoms with E-state index < -0.39 is 12.0 Å². The van der Waals surface area contributed by atoms with Crippen molar-refractivity contribution in [1.82, 2.24) is 0 Å². The van der Waals surface area contributed by atoms with Crippen LogP contribution in [0.2, 0.25) is 0 Å². The molecule has 1 aliphatic carbocycles. The van der Waals surface area contributed by atoms with E-state index in [0.29, 0.717) is 11.3 Å². The van der Waals surface area contributed by atoms with Crippen LogP contribution in [0.25, 0.3) is 0 Å². The van der Waals surface area contributed by atoms with Crippen LogP contribution >= 0.6 is 0 Å². The summed E-state index contributed by atoms with van der Waals surface area (Å²) in [7, 11) is 2.87. The fourth-order valence-electron chi connectivity index (χ4n) is 2.31. The summed E-state index contributed by atoms with van der Waals surface area (Å²) >= 11 is 0. The zero-order chi connectivity index (χ0) is 13.3. The minimum Gasteiger partial charge on any atom is -0.496 e. The molecule has 18 heavy (non-hydrogen) atoms. The van der Waals surface area contributed by atoms with Gasteiger partial charge < -0.3 is 15.2 Å². The normalized spacial score (nSPS) is 17.4. The van der Waals surface area contributed by atoms with Gasteiger partial charge in [-0.1, -0.05) is 0 Å². The van der Waals surface area contributed by atoms with E-state index in [9.17, 15) is 8.78 Å². The minimum atomic E-state index is -2.59. The van der Waals surface area contributed by atoms with Gasteiger partial charge in [-0.2, -0.15) is 0 Å². The molecule has 100 valence electrons. The van der Waals surface area contributed by atoms with Crippen LogP contribution in [0.1, 0.15) is 36.8 Å². The van der Waals surface area contributed by atoms with Crippen LogP contribution in [0.4, 0.5) is 8.78 Å². The maximum atomic E-state index is 13.0. The van der Waals surface area contributed by atoms with E-state index in [1.54, 1.807) is 0 Å². The van der Waals surface area contributed by atoms with Crippen LogP contribution in [0.5, 0.6) is 11.5 Å². The summed E-state index contributed by atoms with van der Waals surface area (Å²) < 4.78 is 36.2. The van der Waals surface area contributed by atoms with Crippen LogP contribution in [0, 0.1) is 0 Å². The monoisotopic (exact) mass is 257 g/mol. The predicted octanol–water partition coefficient (Wildman–Crippen LogP) is 2.98. The molecule has 0 amide bonds. The molecule has 0 aliphatic heterocycles. The Morgan fingerprint density at radius 1 is 1.17 bits per heavy atom. The van der Waals surface area contributed by atoms with Gasteiger partial charge in [0.25, 0.3) is 6.43 Å². The van der Waals surface area contributed by atoms with Gasteiger partial charge >= 0.3 is 0 Å². The van der Waals surface area contributed by atoms with Crippen LogP contribution in [0.3, 0.4) is 0 Å². The number of methoxy groups -OCH3 is 2. The topological polar surface area (TPSA) is 44.5 Å². The lowest BCUT2D eigenvalue weighted by Gasteiger charge is -2.39. The molecule has 1 saturated carbocycles. The number of rotatable bonds is 4. The molecule has 1 aliphatic rings. The van der Waals surface area contributed by atoms with Gasteiger partial charge in [0.05, 0.1) is 19.8 Å². The summed E-state index contributed by atoms with van der Waals surface area (Å²) in [5.41, 5.74) is 6.17. The maximum absolute atomic E-state index is 13.0. The van der Waals surface area contributed by atoms with Crippen molar-refractivity contribution < 1.29 is 18.3 Å². The number of hydrogen-bond acceptors (Lipinski definition) is 3. The fourth-order valence-corrected chi connectivity index (χ4v) is 2.31. The Hall–Kier alpha value is -1.36. The highest BCUT2D eigenvalue weighted by Crippen LogP contribution is 2.46. The van der Waals surface area contributed by atoms with E-state index in [1.807, 2.05) is 0 Å². The smallest absolute Gasteiger partial charge is 0.267 e. The lowest BCUT2D eigenvalue weighted by Crippen LogP contribution is -2.43. The van der Waals surface area contributed by atoms with Crippen molar-refractivity contribution in [3.63, 3.8) is 0 Å². The summed E-state index contributed by atoms with van der Waals surface area (Å²) in [6, 6.07) is 2.91. The quantitative estimate of drug-likeness (QED) is 0.901. The molecule has 0 aromatic heterocycles. The van der Waals surface area contributed by atoms with E-state index in [2.05, 4.69) is 0 Å². The van der Waals surface area contributed by atoms with Crippen molar-refractivity contribution in [2.24, 2.45) is 5.73 Å². The molecular formula is C13H17F2NO2. The molecule has 2 N–H and O–H groups in total. The Kier molecular flexibility index (Phi) is 3.43. The number of ether oxygens (including phenoxy) is 2. The molecule has 1 fully saturated rings. The highest BCUT2D eigenvalue weighted by molar-refractivity contribution is 5.50. The molecule has 0 unspecified atom stereocenters. The maximum Gasteiger partial charge on any atom is 0.267 e. The zero-order valence-electron chi connectivity index (χ0n) is 10.5. The van der Waals surface area contributed by atoms with Gasteiger partial charge in [-0.3, -0.25) is 0 Å². The lowest BCUT2D eigenvalue weighted by molar-refractivity contribution is 0.146. The van der Waals surface area contributed by atoms with E-state index in [1.165, 1.54) is 26.4 Å². The van der Waals surface area contributed by atoms with Crippen LogP contribution in [0.15, 0.2) is 12.1 Å². The number of alkyl halides is 2. The first kappa shape index (κ1) is 13.1. The molecule has 2 rings (SSSR count). The summed E-state index contributed by atoms with van der Waals surface area (Å²) in [6.07, 6.45) is 0.000158.